The van der Waals surface area contributed by atoms with Gasteiger partial charge in [0.15, 0.2) is 5.78 Å². The molecule has 1 aromatic carbocycles. The molecule has 0 fully saturated rings. The molecule has 0 spiro atoms. The van der Waals surface area contributed by atoms with Crippen molar-refractivity contribution in [3.8, 4) is 0 Å². The minimum atomic E-state index is -0.200. The Morgan fingerprint density at radius 1 is 1.24 bits per heavy atom. The van der Waals surface area contributed by atoms with Gasteiger partial charge in [-0.15, -0.1) is 0 Å². The molecule has 92 valence electrons. The molecule has 0 N–H and O–H groups in total. The van der Waals surface area contributed by atoms with Crippen molar-refractivity contribution >= 4 is 11.7 Å². The Morgan fingerprint density at radius 3 is 2.47 bits per heavy atom. The average Bonchev–Trinajstić information content (AvgIpc) is 2.35. The van der Waals surface area contributed by atoms with E-state index < -0.39 is 0 Å². The first-order valence-electron chi connectivity index (χ1n) is 5.45. The van der Waals surface area contributed by atoms with Crippen molar-refractivity contribution in [2.24, 2.45) is 0 Å². The third-order valence-electron chi connectivity index (χ3n) is 2.64. The SMILES string of the molecule is CON(C)C(=O)CCC(=O)c1ccccc1C. The topological polar surface area (TPSA) is 46.6 Å². The summed E-state index contributed by atoms with van der Waals surface area (Å²) in [4.78, 5) is 28.1. The smallest absolute Gasteiger partial charge is 0.246 e. The largest absolute Gasteiger partial charge is 0.294 e. The minimum Gasteiger partial charge on any atom is -0.294 e. The Balaban J connectivity index is 2.57. The van der Waals surface area contributed by atoms with Gasteiger partial charge in [-0.1, -0.05) is 24.3 Å². The van der Waals surface area contributed by atoms with Gasteiger partial charge in [0.1, 0.15) is 0 Å². The van der Waals surface area contributed by atoms with Crippen LogP contribution in [0.5, 0.6) is 0 Å². The maximum Gasteiger partial charge on any atom is 0.246 e. The summed E-state index contributed by atoms with van der Waals surface area (Å²) < 4.78 is 0. The molecule has 4 nitrogen and oxygen atoms in total. The molecule has 17 heavy (non-hydrogen) atoms. The second kappa shape index (κ2) is 6.15. The summed E-state index contributed by atoms with van der Waals surface area (Å²) in [6.45, 7) is 1.89. The highest BCUT2D eigenvalue weighted by Gasteiger charge is 2.13. The van der Waals surface area contributed by atoms with Crippen molar-refractivity contribution in [1.29, 1.82) is 0 Å². The number of carbonyl (C=O) groups excluding carboxylic acids is 2. The van der Waals surface area contributed by atoms with Gasteiger partial charge in [-0.3, -0.25) is 14.4 Å². The molecule has 0 saturated heterocycles. The number of hydrogen-bond donors (Lipinski definition) is 0. The number of hydroxylamine groups is 2. The molecule has 0 aliphatic carbocycles. The highest BCUT2D eigenvalue weighted by molar-refractivity contribution is 5.99. The standard InChI is InChI=1S/C13H17NO3/c1-10-6-4-5-7-11(10)12(15)8-9-13(16)14(2)17-3/h4-7H,8-9H2,1-3H3. The zero-order valence-corrected chi connectivity index (χ0v) is 10.4. The number of amides is 1. The van der Waals surface area contributed by atoms with Gasteiger partial charge < -0.3 is 0 Å². The summed E-state index contributed by atoms with van der Waals surface area (Å²) in [5, 5.41) is 1.13. The summed E-state index contributed by atoms with van der Waals surface area (Å²) in [6.07, 6.45) is 0.370. The molecule has 0 unspecified atom stereocenters. The van der Waals surface area contributed by atoms with E-state index in [0.29, 0.717) is 5.56 Å². The minimum absolute atomic E-state index is 0.0130. The van der Waals surface area contributed by atoms with Crippen LogP contribution < -0.4 is 0 Å². The molecular weight excluding hydrogens is 218 g/mol. The van der Waals surface area contributed by atoms with Gasteiger partial charge in [-0.25, -0.2) is 5.06 Å². The molecule has 0 aliphatic rings. The van der Waals surface area contributed by atoms with E-state index in [1.54, 1.807) is 6.07 Å². The van der Waals surface area contributed by atoms with Crippen LogP contribution in [0.1, 0.15) is 28.8 Å². The van der Waals surface area contributed by atoms with Crippen LogP contribution in [0.25, 0.3) is 0 Å². The molecular formula is C13H17NO3. The van der Waals surface area contributed by atoms with Crippen molar-refractivity contribution in [2.45, 2.75) is 19.8 Å². The molecule has 0 atom stereocenters. The summed E-state index contributed by atoms with van der Waals surface area (Å²) >= 11 is 0. The Hall–Kier alpha value is -1.68. The van der Waals surface area contributed by atoms with Gasteiger partial charge >= 0.3 is 0 Å². The molecule has 4 heteroatoms. The molecule has 1 rings (SSSR count). The quantitative estimate of drug-likeness (QED) is 0.579. The van der Waals surface area contributed by atoms with Crippen LogP contribution >= 0.6 is 0 Å². The number of ketones is 1. The fourth-order valence-corrected chi connectivity index (χ4v) is 1.50. The van der Waals surface area contributed by atoms with Crippen LogP contribution in [0.15, 0.2) is 24.3 Å². The fourth-order valence-electron chi connectivity index (χ4n) is 1.50. The first-order chi connectivity index (χ1) is 8.06. The number of Topliss-reactive ketones (excluding diaryl/α,β-unsaturated/α-hetero) is 1. The predicted molar refractivity (Wildman–Crippen MR) is 64.5 cm³/mol. The van der Waals surface area contributed by atoms with E-state index in [1.165, 1.54) is 14.2 Å². The molecule has 0 aliphatic heterocycles. The van der Waals surface area contributed by atoms with Crippen LogP contribution in [-0.2, 0) is 9.63 Å². The number of carbonyl (C=O) groups is 2. The Bertz CT molecular complexity index is 415. The van der Waals surface area contributed by atoms with E-state index in [9.17, 15) is 9.59 Å². The Morgan fingerprint density at radius 2 is 1.88 bits per heavy atom. The normalized spacial score (nSPS) is 10.1. The second-order valence-corrected chi connectivity index (χ2v) is 3.81. The summed E-state index contributed by atoms with van der Waals surface area (Å²) in [6, 6.07) is 7.37. The summed E-state index contributed by atoms with van der Waals surface area (Å²) in [5.74, 6) is -0.213. The van der Waals surface area contributed by atoms with Gasteiger partial charge in [-0.05, 0) is 12.5 Å². The van der Waals surface area contributed by atoms with Crippen molar-refractivity contribution in [2.75, 3.05) is 14.2 Å². The van der Waals surface area contributed by atoms with Gasteiger partial charge in [0.25, 0.3) is 0 Å². The van der Waals surface area contributed by atoms with Crippen LogP contribution in [0.2, 0.25) is 0 Å². The molecule has 0 heterocycles. The highest BCUT2D eigenvalue weighted by atomic mass is 16.7. The monoisotopic (exact) mass is 235 g/mol. The van der Waals surface area contributed by atoms with Crippen molar-refractivity contribution < 1.29 is 14.4 Å². The van der Waals surface area contributed by atoms with E-state index in [-0.39, 0.29) is 24.5 Å². The van der Waals surface area contributed by atoms with E-state index in [4.69, 9.17) is 4.84 Å². The van der Waals surface area contributed by atoms with Gasteiger partial charge in [0, 0.05) is 25.5 Å². The summed E-state index contributed by atoms with van der Waals surface area (Å²) in [5.41, 5.74) is 1.62. The van der Waals surface area contributed by atoms with Crippen LogP contribution in [-0.4, -0.2) is 30.9 Å². The number of benzene rings is 1. The number of rotatable bonds is 5. The van der Waals surface area contributed by atoms with Gasteiger partial charge in [0.05, 0.1) is 7.11 Å². The highest BCUT2D eigenvalue weighted by Crippen LogP contribution is 2.11. The summed E-state index contributed by atoms with van der Waals surface area (Å²) in [7, 11) is 2.95. The van der Waals surface area contributed by atoms with Crippen LogP contribution in [0, 0.1) is 6.92 Å². The second-order valence-electron chi connectivity index (χ2n) is 3.81. The number of nitrogens with zero attached hydrogens (tertiary/aromatic N) is 1. The van der Waals surface area contributed by atoms with E-state index >= 15 is 0 Å². The lowest BCUT2D eigenvalue weighted by atomic mass is 10.0. The van der Waals surface area contributed by atoms with Crippen molar-refractivity contribution in [3.05, 3.63) is 35.4 Å². The van der Waals surface area contributed by atoms with E-state index in [1.807, 2.05) is 25.1 Å². The van der Waals surface area contributed by atoms with Gasteiger partial charge in [0.2, 0.25) is 5.91 Å². The van der Waals surface area contributed by atoms with E-state index in [0.717, 1.165) is 10.6 Å². The van der Waals surface area contributed by atoms with E-state index in [2.05, 4.69) is 0 Å². The lowest BCUT2D eigenvalue weighted by Crippen LogP contribution is -2.25. The molecule has 0 saturated carbocycles. The molecule has 1 amide bonds. The first-order valence-corrected chi connectivity index (χ1v) is 5.45. The third-order valence-corrected chi connectivity index (χ3v) is 2.64. The molecule has 0 radical (unpaired) electrons. The number of hydrogen-bond acceptors (Lipinski definition) is 3. The first kappa shape index (κ1) is 13.4. The predicted octanol–water partition coefficient (Wildman–Crippen LogP) is 1.98. The van der Waals surface area contributed by atoms with Crippen molar-refractivity contribution in [1.82, 2.24) is 5.06 Å². The Labute approximate surface area is 101 Å². The van der Waals surface area contributed by atoms with Gasteiger partial charge in [-0.2, -0.15) is 0 Å². The lowest BCUT2D eigenvalue weighted by molar-refractivity contribution is -0.168. The molecule has 1 aromatic rings. The molecule has 0 aromatic heterocycles. The lowest BCUT2D eigenvalue weighted by Gasteiger charge is -2.13. The average molecular weight is 235 g/mol. The van der Waals surface area contributed by atoms with Crippen LogP contribution in [0.4, 0.5) is 0 Å². The van der Waals surface area contributed by atoms with Crippen molar-refractivity contribution in [3.63, 3.8) is 0 Å². The fraction of sp³-hybridized carbons (Fsp3) is 0.385. The zero-order chi connectivity index (χ0) is 12.8. The Kier molecular flexibility index (Phi) is 4.84. The van der Waals surface area contributed by atoms with Crippen LogP contribution in [0.3, 0.4) is 0 Å². The maximum absolute atomic E-state index is 11.9. The number of aryl methyl sites for hydroxylation is 1. The molecule has 0 bridgehead atoms. The zero-order valence-electron chi connectivity index (χ0n) is 10.4. The maximum atomic E-state index is 11.9. The third kappa shape index (κ3) is 3.67.